The van der Waals surface area contributed by atoms with Crippen LogP contribution < -0.4 is 0 Å². The van der Waals surface area contributed by atoms with Gasteiger partial charge in [0.2, 0.25) is 0 Å². The second kappa shape index (κ2) is 3.10. The first kappa shape index (κ1) is 9.22. The smallest absolute Gasteiger partial charge is 0.130 e. The van der Waals surface area contributed by atoms with Gasteiger partial charge in [-0.25, -0.2) is 12.4 Å². The van der Waals surface area contributed by atoms with E-state index in [9.17, 15) is 4.39 Å². The van der Waals surface area contributed by atoms with Gasteiger partial charge in [-0.3, -0.25) is 0 Å². The van der Waals surface area contributed by atoms with E-state index < -0.39 is 6.61 Å². The van der Waals surface area contributed by atoms with Crippen molar-refractivity contribution >= 4 is 7.98 Å². The van der Waals surface area contributed by atoms with Crippen molar-refractivity contribution in [2.75, 3.05) is 26.2 Å². The van der Waals surface area contributed by atoms with Crippen molar-refractivity contribution in [3.05, 3.63) is 11.4 Å². The lowest BCUT2D eigenvalue weighted by atomic mass is 9.78. The van der Waals surface area contributed by atoms with Crippen molar-refractivity contribution in [3.63, 3.8) is 0 Å². The van der Waals surface area contributed by atoms with E-state index in [0.717, 1.165) is 31.5 Å². The van der Waals surface area contributed by atoms with Crippen LogP contribution in [0.5, 0.6) is 0 Å². The summed E-state index contributed by atoms with van der Waals surface area (Å²) in [4.78, 5) is 0. The zero-order chi connectivity index (χ0) is 9.47. The standard InChI is InChI=1S/C9H14BFNO/c10-12-3-1-7(2-4-12)8(5-12)9(11)6-13/h7,13H,1-6H2/b9-8+. The second-order valence-electron chi connectivity index (χ2n) is 4.19. The van der Waals surface area contributed by atoms with Gasteiger partial charge in [0.1, 0.15) is 5.83 Å². The Morgan fingerprint density at radius 1 is 1.54 bits per heavy atom. The van der Waals surface area contributed by atoms with Crippen LogP contribution in [0.25, 0.3) is 0 Å². The summed E-state index contributed by atoms with van der Waals surface area (Å²) in [5.74, 6) is -0.00644. The van der Waals surface area contributed by atoms with Crippen LogP contribution in [-0.2, 0) is 0 Å². The van der Waals surface area contributed by atoms with Crippen molar-refractivity contribution in [1.29, 1.82) is 0 Å². The molecular formula is C9H14BFNO. The molecule has 0 amide bonds. The Balaban J connectivity index is 2.25. The van der Waals surface area contributed by atoms with Crippen molar-refractivity contribution in [2.24, 2.45) is 5.92 Å². The van der Waals surface area contributed by atoms with Crippen molar-refractivity contribution in [1.82, 2.24) is 0 Å². The third kappa shape index (κ3) is 1.53. The van der Waals surface area contributed by atoms with Gasteiger partial charge in [0.05, 0.1) is 13.2 Å². The average molecular weight is 182 g/mol. The number of hydrogen-bond acceptors (Lipinski definition) is 1. The molecule has 1 N–H and O–H groups in total. The largest absolute Gasteiger partial charge is 0.584 e. The first-order chi connectivity index (χ1) is 6.14. The highest BCUT2D eigenvalue weighted by Gasteiger charge is 2.35. The maximum atomic E-state index is 13.2. The zero-order valence-electron chi connectivity index (χ0n) is 7.67. The van der Waals surface area contributed by atoms with E-state index in [1.54, 1.807) is 0 Å². The highest BCUT2D eigenvalue weighted by atomic mass is 19.1. The molecule has 3 rings (SSSR count). The molecule has 0 aromatic heterocycles. The predicted octanol–water partition coefficient (Wildman–Crippen LogP) is 0.526. The van der Waals surface area contributed by atoms with Crippen LogP contribution in [0.15, 0.2) is 11.4 Å². The van der Waals surface area contributed by atoms with Crippen LogP contribution in [0.2, 0.25) is 0 Å². The van der Waals surface area contributed by atoms with Crippen LogP contribution in [0.3, 0.4) is 0 Å². The Morgan fingerprint density at radius 3 is 2.62 bits per heavy atom. The summed E-state index contributed by atoms with van der Waals surface area (Å²) in [6.45, 7) is 2.03. The molecule has 13 heavy (non-hydrogen) atoms. The van der Waals surface area contributed by atoms with E-state index >= 15 is 0 Å². The number of aliphatic hydroxyl groups is 1. The molecule has 0 aromatic carbocycles. The Labute approximate surface area is 79.1 Å². The summed E-state index contributed by atoms with van der Waals surface area (Å²) >= 11 is 0. The highest BCUT2D eigenvalue weighted by Crippen LogP contribution is 2.37. The SMILES string of the molecule is [B-][N+]12CCC(CC1)/C(=C(/F)CO)C2. The Kier molecular flexibility index (Phi) is 2.20. The lowest BCUT2D eigenvalue weighted by Crippen LogP contribution is -2.57. The fraction of sp³-hybridized carbons (Fsp3) is 0.778. The minimum Gasteiger partial charge on any atom is -0.584 e. The van der Waals surface area contributed by atoms with E-state index in [0.29, 0.717) is 16.9 Å². The molecular weight excluding hydrogens is 168 g/mol. The number of hydrogen-bond donors (Lipinski definition) is 1. The molecule has 71 valence electrons. The highest BCUT2D eigenvalue weighted by molar-refractivity contribution is 5.97. The number of fused-ring (bicyclic) bond motifs is 3. The van der Waals surface area contributed by atoms with Gasteiger partial charge in [-0.05, 0) is 18.8 Å². The average Bonchev–Trinajstić information content (AvgIpc) is 2.16. The molecule has 3 saturated heterocycles. The predicted molar refractivity (Wildman–Crippen MR) is 48.6 cm³/mol. The Bertz CT molecular complexity index is 246. The molecule has 0 aromatic rings. The summed E-state index contributed by atoms with van der Waals surface area (Å²) in [6, 6.07) is 0. The Morgan fingerprint density at radius 2 is 2.15 bits per heavy atom. The number of nitrogens with zero attached hydrogens (tertiary/aromatic N) is 1. The molecule has 3 fully saturated rings. The van der Waals surface area contributed by atoms with E-state index in [4.69, 9.17) is 13.1 Å². The van der Waals surface area contributed by atoms with Crippen molar-refractivity contribution < 1.29 is 13.9 Å². The van der Waals surface area contributed by atoms with Crippen LogP contribution >= 0.6 is 0 Å². The zero-order valence-corrected chi connectivity index (χ0v) is 7.67. The van der Waals surface area contributed by atoms with Gasteiger partial charge in [-0.1, -0.05) is 0 Å². The molecule has 0 unspecified atom stereocenters. The topological polar surface area (TPSA) is 20.2 Å². The quantitative estimate of drug-likeness (QED) is 0.586. The monoisotopic (exact) mass is 182 g/mol. The summed E-state index contributed by atoms with van der Waals surface area (Å²) in [6.07, 6.45) is 1.94. The third-order valence-electron chi connectivity index (χ3n) is 3.31. The lowest BCUT2D eigenvalue weighted by molar-refractivity contribution is -0.827. The molecule has 2 nitrogen and oxygen atoms in total. The number of aliphatic hydroxyl groups excluding tert-OH is 1. The molecule has 0 saturated carbocycles. The number of halogens is 1. The lowest BCUT2D eigenvalue weighted by Gasteiger charge is -2.59. The Hall–Kier alpha value is -0.345. The van der Waals surface area contributed by atoms with Crippen LogP contribution in [0.1, 0.15) is 12.8 Å². The van der Waals surface area contributed by atoms with E-state index in [-0.39, 0.29) is 5.83 Å². The molecule has 4 heteroatoms. The molecule has 0 aliphatic carbocycles. The van der Waals surface area contributed by atoms with E-state index in [1.807, 2.05) is 0 Å². The van der Waals surface area contributed by atoms with Gasteiger partial charge in [0.25, 0.3) is 0 Å². The maximum Gasteiger partial charge on any atom is 0.130 e. The minimum absolute atomic E-state index is 0.343. The summed E-state index contributed by atoms with van der Waals surface area (Å²) in [7, 11) is 6.03. The van der Waals surface area contributed by atoms with Gasteiger partial charge in [-0.15, -0.1) is 0 Å². The van der Waals surface area contributed by atoms with Gasteiger partial charge >= 0.3 is 0 Å². The van der Waals surface area contributed by atoms with Gasteiger partial charge in [0, 0.05) is 18.7 Å². The molecule has 3 aliphatic heterocycles. The first-order valence-corrected chi connectivity index (χ1v) is 4.77. The van der Waals surface area contributed by atoms with E-state index in [2.05, 4.69) is 0 Å². The number of rotatable bonds is 1. The molecule has 0 atom stereocenters. The molecule has 2 bridgehead atoms. The first-order valence-electron chi connectivity index (χ1n) is 4.77. The van der Waals surface area contributed by atoms with Crippen LogP contribution in [-0.4, -0.2) is 43.7 Å². The van der Waals surface area contributed by atoms with Gasteiger partial charge < -0.3 is 9.50 Å². The third-order valence-corrected chi connectivity index (χ3v) is 3.31. The fourth-order valence-corrected chi connectivity index (χ4v) is 2.47. The molecule has 3 radical (unpaired) electrons. The molecule has 3 aliphatic rings. The summed E-state index contributed by atoms with van der Waals surface area (Å²) in [5, 5.41) is 8.72. The van der Waals surface area contributed by atoms with Gasteiger partial charge in [-0.2, -0.15) is 0 Å². The summed E-state index contributed by atoms with van der Waals surface area (Å²) in [5.41, 5.74) is 0.766. The summed E-state index contributed by atoms with van der Waals surface area (Å²) < 4.78 is 13.7. The number of quaternary nitrogens is 1. The van der Waals surface area contributed by atoms with Crippen molar-refractivity contribution in [3.8, 4) is 0 Å². The number of piperidine rings is 3. The second-order valence-corrected chi connectivity index (χ2v) is 4.19. The maximum absolute atomic E-state index is 13.2. The minimum atomic E-state index is -0.466. The van der Waals surface area contributed by atoms with Crippen LogP contribution in [0, 0.1) is 5.92 Å². The normalized spacial score (nSPS) is 42.2. The fourth-order valence-electron chi connectivity index (χ4n) is 2.47. The molecule has 3 heterocycles. The van der Waals surface area contributed by atoms with Crippen molar-refractivity contribution in [2.45, 2.75) is 12.8 Å². The van der Waals surface area contributed by atoms with Gasteiger partial charge in [0.15, 0.2) is 0 Å². The van der Waals surface area contributed by atoms with E-state index in [1.165, 1.54) is 0 Å². The van der Waals surface area contributed by atoms with Crippen LogP contribution in [0.4, 0.5) is 4.39 Å². The molecule has 0 spiro atoms.